The summed E-state index contributed by atoms with van der Waals surface area (Å²) in [5, 5.41) is 9.03. The Hall–Kier alpha value is -1.35. The Morgan fingerprint density at radius 2 is 2.07 bits per heavy atom. The predicted octanol–water partition coefficient (Wildman–Crippen LogP) is 1.58. The number of benzene rings is 1. The molecule has 0 radical (unpaired) electrons. The molecule has 0 saturated carbocycles. The number of rotatable bonds is 6. The molecule has 1 aromatic carbocycles. The second-order valence-corrected chi connectivity index (χ2v) is 3.44. The fourth-order valence-corrected chi connectivity index (χ4v) is 1.38. The number of ether oxygens (including phenoxy) is 1. The topological polar surface area (TPSA) is 46.5 Å². The predicted molar refractivity (Wildman–Crippen MR) is 58.0 cm³/mol. The Labute approximate surface area is 89.7 Å². The summed E-state index contributed by atoms with van der Waals surface area (Å²) in [4.78, 5) is 10.2. The Balaban J connectivity index is 2.34. The van der Waals surface area contributed by atoms with Crippen molar-refractivity contribution in [2.24, 2.45) is 0 Å². The SMILES string of the molecule is COc1ccc(CCC[C@@H](O)C=O)cc1. The lowest BCUT2D eigenvalue weighted by Crippen LogP contribution is -2.07. The quantitative estimate of drug-likeness (QED) is 0.722. The van der Waals surface area contributed by atoms with Crippen LogP contribution in [0.4, 0.5) is 0 Å². The third-order valence-electron chi connectivity index (χ3n) is 2.28. The zero-order chi connectivity index (χ0) is 11.1. The summed E-state index contributed by atoms with van der Waals surface area (Å²) < 4.78 is 5.04. The molecule has 3 nitrogen and oxygen atoms in total. The zero-order valence-corrected chi connectivity index (χ0v) is 8.85. The highest BCUT2D eigenvalue weighted by Gasteiger charge is 2.01. The molecule has 0 saturated heterocycles. The van der Waals surface area contributed by atoms with Crippen LogP contribution in [-0.2, 0) is 11.2 Å². The molecule has 0 heterocycles. The minimum atomic E-state index is -0.816. The second-order valence-electron chi connectivity index (χ2n) is 3.44. The molecule has 0 aliphatic rings. The van der Waals surface area contributed by atoms with Gasteiger partial charge in [-0.3, -0.25) is 0 Å². The van der Waals surface area contributed by atoms with Crippen LogP contribution in [0.3, 0.4) is 0 Å². The molecular formula is C12H16O3. The van der Waals surface area contributed by atoms with E-state index in [-0.39, 0.29) is 0 Å². The summed E-state index contributed by atoms with van der Waals surface area (Å²) in [5.41, 5.74) is 1.19. The molecule has 15 heavy (non-hydrogen) atoms. The molecular weight excluding hydrogens is 192 g/mol. The van der Waals surface area contributed by atoms with E-state index >= 15 is 0 Å². The molecule has 1 atom stereocenters. The van der Waals surface area contributed by atoms with Crippen LogP contribution in [0.15, 0.2) is 24.3 Å². The van der Waals surface area contributed by atoms with Gasteiger partial charge in [0.15, 0.2) is 0 Å². The standard InChI is InChI=1S/C12H16O3/c1-15-12-7-5-10(6-8-12)3-2-4-11(14)9-13/h5-9,11,14H,2-4H2,1H3/t11-/m1/s1. The number of aliphatic hydroxyl groups is 1. The van der Waals surface area contributed by atoms with Crippen molar-refractivity contribution < 1.29 is 14.6 Å². The smallest absolute Gasteiger partial charge is 0.148 e. The maximum Gasteiger partial charge on any atom is 0.148 e. The molecule has 0 bridgehead atoms. The Kier molecular flexibility index (Phi) is 4.84. The van der Waals surface area contributed by atoms with E-state index in [4.69, 9.17) is 9.84 Å². The third kappa shape index (κ3) is 4.13. The lowest BCUT2D eigenvalue weighted by molar-refractivity contribution is -0.115. The molecule has 1 rings (SSSR count). The summed E-state index contributed by atoms with van der Waals surface area (Å²) in [6.45, 7) is 0. The van der Waals surface area contributed by atoms with Gasteiger partial charge in [0.05, 0.1) is 7.11 Å². The van der Waals surface area contributed by atoms with Gasteiger partial charge in [0.25, 0.3) is 0 Å². The van der Waals surface area contributed by atoms with E-state index in [0.29, 0.717) is 12.7 Å². The fourth-order valence-electron chi connectivity index (χ4n) is 1.38. The van der Waals surface area contributed by atoms with Crippen molar-refractivity contribution in [2.45, 2.75) is 25.4 Å². The summed E-state index contributed by atoms with van der Waals surface area (Å²) in [5.74, 6) is 0.840. The number of aryl methyl sites for hydroxylation is 1. The zero-order valence-electron chi connectivity index (χ0n) is 8.85. The number of aliphatic hydroxyl groups excluding tert-OH is 1. The van der Waals surface area contributed by atoms with Crippen LogP contribution < -0.4 is 4.74 Å². The van der Waals surface area contributed by atoms with Crippen LogP contribution in [0.2, 0.25) is 0 Å². The average Bonchev–Trinajstić information content (AvgIpc) is 2.29. The molecule has 0 aliphatic heterocycles. The molecule has 1 N–H and O–H groups in total. The Bertz CT molecular complexity index is 292. The molecule has 0 aromatic heterocycles. The van der Waals surface area contributed by atoms with Gasteiger partial charge in [-0.05, 0) is 37.0 Å². The maximum absolute atomic E-state index is 10.2. The largest absolute Gasteiger partial charge is 0.497 e. The van der Waals surface area contributed by atoms with Gasteiger partial charge in [-0.1, -0.05) is 12.1 Å². The van der Waals surface area contributed by atoms with Crippen LogP contribution in [0.25, 0.3) is 0 Å². The average molecular weight is 208 g/mol. The number of aldehydes is 1. The van der Waals surface area contributed by atoms with Crippen LogP contribution in [-0.4, -0.2) is 24.6 Å². The molecule has 0 aliphatic carbocycles. The van der Waals surface area contributed by atoms with Crippen LogP contribution >= 0.6 is 0 Å². The van der Waals surface area contributed by atoms with Crippen molar-refractivity contribution in [3.63, 3.8) is 0 Å². The normalized spacial score (nSPS) is 12.1. The molecule has 0 amide bonds. The van der Waals surface area contributed by atoms with Crippen molar-refractivity contribution in [3.05, 3.63) is 29.8 Å². The third-order valence-corrected chi connectivity index (χ3v) is 2.28. The number of hydrogen-bond donors (Lipinski definition) is 1. The van der Waals surface area contributed by atoms with E-state index in [2.05, 4.69) is 0 Å². The minimum absolute atomic E-state index is 0.523. The number of methoxy groups -OCH3 is 1. The highest BCUT2D eigenvalue weighted by atomic mass is 16.5. The fraction of sp³-hybridized carbons (Fsp3) is 0.417. The monoisotopic (exact) mass is 208 g/mol. The van der Waals surface area contributed by atoms with E-state index in [1.807, 2.05) is 24.3 Å². The van der Waals surface area contributed by atoms with Gasteiger partial charge in [0.2, 0.25) is 0 Å². The van der Waals surface area contributed by atoms with Crippen molar-refractivity contribution in [1.82, 2.24) is 0 Å². The summed E-state index contributed by atoms with van der Waals surface area (Å²) in [6.07, 6.45) is 1.97. The van der Waals surface area contributed by atoms with E-state index in [1.54, 1.807) is 7.11 Å². The summed E-state index contributed by atoms with van der Waals surface area (Å²) in [7, 11) is 1.63. The number of carbonyl (C=O) groups is 1. The van der Waals surface area contributed by atoms with Gasteiger partial charge in [-0.2, -0.15) is 0 Å². The van der Waals surface area contributed by atoms with Gasteiger partial charge in [-0.25, -0.2) is 0 Å². The molecule has 0 unspecified atom stereocenters. The van der Waals surface area contributed by atoms with Crippen molar-refractivity contribution in [1.29, 1.82) is 0 Å². The Morgan fingerprint density at radius 1 is 1.40 bits per heavy atom. The van der Waals surface area contributed by atoms with Gasteiger partial charge >= 0.3 is 0 Å². The van der Waals surface area contributed by atoms with Crippen molar-refractivity contribution >= 4 is 6.29 Å². The van der Waals surface area contributed by atoms with E-state index in [1.165, 1.54) is 5.56 Å². The highest BCUT2D eigenvalue weighted by Crippen LogP contribution is 2.13. The molecule has 3 heteroatoms. The van der Waals surface area contributed by atoms with Crippen LogP contribution in [0.5, 0.6) is 5.75 Å². The lowest BCUT2D eigenvalue weighted by atomic mass is 10.1. The van der Waals surface area contributed by atoms with Crippen LogP contribution in [0.1, 0.15) is 18.4 Å². The Morgan fingerprint density at radius 3 is 2.60 bits per heavy atom. The minimum Gasteiger partial charge on any atom is -0.497 e. The summed E-state index contributed by atoms with van der Waals surface area (Å²) in [6, 6.07) is 7.80. The van der Waals surface area contributed by atoms with E-state index in [9.17, 15) is 4.79 Å². The lowest BCUT2D eigenvalue weighted by Gasteiger charge is -2.04. The second kappa shape index (κ2) is 6.19. The maximum atomic E-state index is 10.2. The molecule has 0 spiro atoms. The van der Waals surface area contributed by atoms with Gasteiger partial charge in [0.1, 0.15) is 18.1 Å². The van der Waals surface area contributed by atoms with E-state index < -0.39 is 6.10 Å². The molecule has 1 aromatic rings. The first kappa shape index (κ1) is 11.7. The first-order chi connectivity index (χ1) is 7.26. The van der Waals surface area contributed by atoms with E-state index in [0.717, 1.165) is 18.6 Å². The number of hydrogen-bond acceptors (Lipinski definition) is 3. The van der Waals surface area contributed by atoms with Gasteiger partial charge < -0.3 is 14.6 Å². The number of carbonyl (C=O) groups excluding carboxylic acids is 1. The first-order valence-electron chi connectivity index (χ1n) is 5.02. The molecule has 82 valence electrons. The molecule has 0 fully saturated rings. The highest BCUT2D eigenvalue weighted by molar-refractivity contribution is 5.55. The first-order valence-corrected chi connectivity index (χ1v) is 5.02. The van der Waals surface area contributed by atoms with Gasteiger partial charge in [-0.15, -0.1) is 0 Å². The van der Waals surface area contributed by atoms with Crippen molar-refractivity contribution in [2.75, 3.05) is 7.11 Å². The van der Waals surface area contributed by atoms with Gasteiger partial charge in [0, 0.05) is 0 Å². The summed E-state index contributed by atoms with van der Waals surface area (Å²) >= 11 is 0. The van der Waals surface area contributed by atoms with Crippen molar-refractivity contribution in [3.8, 4) is 5.75 Å². The van der Waals surface area contributed by atoms with Crippen LogP contribution in [0, 0.1) is 0 Å².